The van der Waals surface area contributed by atoms with Gasteiger partial charge in [0, 0.05) is 25.1 Å². The summed E-state index contributed by atoms with van der Waals surface area (Å²) >= 11 is 0. The van der Waals surface area contributed by atoms with Gasteiger partial charge < -0.3 is 24.4 Å². The van der Waals surface area contributed by atoms with Gasteiger partial charge >= 0.3 is 0 Å². The molecule has 0 saturated carbocycles. The Morgan fingerprint density at radius 3 is 2.12 bits per heavy atom. The monoisotopic (exact) mass is 701 g/mol. The largest absolute Gasteiger partial charge is 0.494 e. The van der Waals surface area contributed by atoms with Crippen LogP contribution in [-0.2, 0) is 32.6 Å². The number of aryl methyl sites for hydroxylation is 1. The molecule has 0 bridgehead atoms. The van der Waals surface area contributed by atoms with E-state index < -0.39 is 28.5 Å². The molecular weight excluding hydrogens is 655 g/mol. The maximum absolute atomic E-state index is 14.8. The Bertz CT molecular complexity index is 1830. The van der Waals surface area contributed by atoms with E-state index in [2.05, 4.69) is 5.32 Å². The highest BCUT2D eigenvalue weighted by Crippen LogP contribution is 2.33. The van der Waals surface area contributed by atoms with Gasteiger partial charge in [-0.15, -0.1) is 0 Å². The van der Waals surface area contributed by atoms with E-state index >= 15 is 0 Å². The summed E-state index contributed by atoms with van der Waals surface area (Å²) in [5, 5.41) is 3.06. The number of sulfonamides is 1. The molecule has 4 aromatic rings. The molecule has 0 aliphatic heterocycles. The van der Waals surface area contributed by atoms with Crippen LogP contribution in [0.15, 0.2) is 102 Å². The standard InChI is InChI=1S/C39H47N3O7S/c1-7-29(4)40-39(44)35(24-30-15-10-9-11-16-30)41(26-31-17-13-12-14-28(31)3)38(43)27-42(32-18-20-33(21-19-32)49-8-2)50(45,46)34-22-23-36(47-5)37(25-34)48-6/h9-23,25,29,35H,7-8,24,26-27H2,1-6H3,(H,40,44)/t29-,35-/m1/s1. The Balaban J connectivity index is 1.85. The van der Waals surface area contributed by atoms with Gasteiger partial charge in [0.05, 0.1) is 31.4 Å². The van der Waals surface area contributed by atoms with Crippen LogP contribution < -0.4 is 23.8 Å². The molecule has 0 spiro atoms. The van der Waals surface area contributed by atoms with E-state index in [1.807, 2.05) is 82.3 Å². The Hall–Kier alpha value is -5.03. The van der Waals surface area contributed by atoms with E-state index in [9.17, 15) is 18.0 Å². The molecule has 4 rings (SSSR count). The Kier molecular flexibility index (Phi) is 13.3. The molecule has 11 heteroatoms. The van der Waals surface area contributed by atoms with Gasteiger partial charge in [0.15, 0.2) is 11.5 Å². The third-order valence-electron chi connectivity index (χ3n) is 8.53. The van der Waals surface area contributed by atoms with Gasteiger partial charge in [-0.2, -0.15) is 0 Å². The number of nitrogens with one attached hydrogen (secondary N) is 1. The third kappa shape index (κ3) is 9.35. The molecule has 0 unspecified atom stereocenters. The zero-order chi connectivity index (χ0) is 36.3. The zero-order valence-electron chi connectivity index (χ0n) is 29.6. The van der Waals surface area contributed by atoms with Crippen molar-refractivity contribution in [3.8, 4) is 17.2 Å². The first kappa shape index (κ1) is 37.8. The SMILES string of the molecule is CCOc1ccc(N(CC(=O)N(Cc2ccccc2C)[C@H](Cc2ccccc2)C(=O)N[C@H](C)CC)S(=O)(=O)c2ccc(OC)c(OC)c2)cc1. The number of hydrogen-bond donors (Lipinski definition) is 1. The lowest BCUT2D eigenvalue weighted by atomic mass is 10.0. The normalized spacial score (nSPS) is 12.4. The Morgan fingerprint density at radius 1 is 0.840 bits per heavy atom. The van der Waals surface area contributed by atoms with E-state index in [4.69, 9.17) is 14.2 Å². The van der Waals surface area contributed by atoms with Crippen molar-refractivity contribution in [1.29, 1.82) is 0 Å². The van der Waals surface area contributed by atoms with Crippen molar-refractivity contribution >= 4 is 27.5 Å². The van der Waals surface area contributed by atoms with Gasteiger partial charge in [-0.3, -0.25) is 13.9 Å². The predicted molar refractivity (Wildman–Crippen MR) is 195 cm³/mol. The minimum atomic E-state index is -4.37. The topological polar surface area (TPSA) is 114 Å². The van der Waals surface area contributed by atoms with Crippen LogP contribution in [0.1, 0.15) is 43.9 Å². The summed E-state index contributed by atoms with van der Waals surface area (Å²) in [6, 6.07) is 26.8. The lowest BCUT2D eigenvalue weighted by Crippen LogP contribution is -2.54. The lowest BCUT2D eigenvalue weighted by molar-refractivity contribution is -0.140. The molecule has 2 atom stereocenters. The summed E-state index contributed by atoms with van der Waals surface area (Å²) in [6.45, 7) is 7.61. The van der Waals surface area contributed by atoms with Crippen LogP contribution in [0, 0.1) is 6.92 Å². The van der Waals surface area contributed by atoms with Crippen LogP contribution in [0.4, 0.5) is 5.69 Å². The number of hydrogen-bond acceptors (Lipinski definition) is 7. The third-order valence-corrected chi connectivity index (χ3v) is 10.3. The highest BCUT2D eigenvalue weighted by molar-refractivity contribution is 7.92. The van der Waals surface area contributed by atoms with E-state index in [1.54, 1.807) is 24.3 Å². The molecule has 10 nitrogen and oxygen atoms in total. The molecule has 0 aliphatic carbocycles. The van der Waals surface area contributed by atoms with Crippen molar-refractivity contribution in [1.82, 2.24) is 10.2 Å². The number of nitrogens with zero attached hydrogens (tertiary/aromatic N) is 2. The minimum Gasteiger partial charge on any atom is -0.494 e. The Morgan fingerprint density at radius 2 is 1.50 bits per heavy atom. The number of anilines is 1. The minimum absolute atomic E-state index is 0.0878. The van der Waals surface area contributed by atoms with Gasteiger partial charge in [0.25, 0.3) is 10.0 Å². The molecular formula is C39H47N3O7S. The van der Waals surface area contributed by atoms with E-state index in [0.717, 1.165) is 21.0 Å². The lowest BCUT2D eigenvalue weighted by Gasteiger charge is -2.34. The Labute approximate surface area is 296 Å². The number of benzene rings is 4. The maximum Gasteiger partial charge on any atom is 0.264 e. The first-order valence-corrected chi connectivity index (χ1v) is 18.1. The summed E-state index contributed by atoms with van der Waals surface area (Å²) in [5.41, 5.74) is 2.88. The first-order valence-electron chi connectivity index (χ1n) is 16.7. The van der Waals surface area contributed by atoms with Crippen LogP contribution in [-0.4, -0.2) is 64.6 Å². The highest BCUT2D eigenvalue weighted by atomic mass is 32.2. The van der Waals surface area contributed by atoms with Gasteiger partial charge in [0.2, 0.25) is 11.8 Å². The average molecular weight is 702 g/mol. The summed E-state index contributed by atoms with van der Waals surface area (Å²) < 4.78 is 46.4. The number of methoxy groups -OCH3 is 2. The average Bonchev–Trinajstić information content (AvgIpc) is 3.13. The van der Waals surface area contributed by atoms with Crippen LogP contribution >= 0.6 is 0 Å². The second-order valence-electron chi connectivity index (χ2n) is 11.9. The quantitative estimate of drug-likeness (QED) is 0.140. The second-order valence-corrected chi connectivity index (χ2v) is 13.8. The van der Waals surface area contributed by atoms with Crippen molar-refractivity contribution in [2.24, 2.45) is 0 Å². The van der Waals surface area contributed by atoms with E-state index in [0.29, 0.717) is 24.5 Å². The first-order chi connectivity index (χ1) is 24.0. The van der Waals surface area contributed by atoms with Gasteiger partial charge in [-0.05, 0) is 80.3 Å². The molecule has 0 fully saturated rings. The molecule has 4 aromatic carbocycles. The maximum atomic E-state index is 14.8. The van der Waals surface area contributed by atoms with Crippen LogP contribution in [0.25, 0.3) is 0 Å². The fourth-order valence-corrected chi connectivity index (χ4v) is 6.90. The highest BCUT2D eigenvalue weighted by Gasteiger charge is 2.35. The summed E-state index contributed by atoms with van der Waals surface area (Å²) in [5.74, 6) is 0.261. The van der Waals surface area contributed by atoms with Crippen LogP contribution in [0.5, 0.6) is 17.2 Å². The molecule has 0 aromatic heterocycles. The number of ether oxygens (including phenoxy) is 3. The molecule has 0 radical (unpaired) electrons. The van der Waals surface area contributed by atoms with Crippen molar-refractivity contribution in [3.05, 3.63) is 114 Å². The number of rotatable bonds is 17. The molecule has 0 saturated heterocycles. The predicted octanol–water partition coefficient (Wildman–Crippen LogP) is 6.16. The smallest absolute Gasteiger partial charge is 0.264 e. The molecule has 2 amide bonds. The zero-order valence-corrected chi connectivity index (χ0v) is 30.4. The fourth-order valence-electron chi connectivity index (χ4n) is 5.47. The van der Waals surface area contributed by atoms with Gasteiger partial charge in [-0.1, -0.05) is 61.5 Å². The number of carbonyl (C=O) groups excluding carboxylic acids is 2. The van der Waals surface area contributed by atoms with Crippen molar-refractivity contribution in [2.45, 2.75) is 64.1 Å². The fraction of sp³-hybridized carbons (Fsp3) is 0.333. The number of amides is 2. The van der Waals surface area contributed by atoms with Crippen LogP contribution in [0.2, 0.25) is 0 Å². The summed E-state index contributed by atoms with van der Waals surface area (Å²) in [6.07, 6.45) is 0.927. The van der Waals surface area contributed by atoms with Crippen molar-refractivity contribution in [2.75, 3.05) is 31.7 Å². The van der Waals surface area contributed by atoms with Crippen molar-refractivity contribution < 1.29 is 32.2 Å². The van der Waals surface area contributed by atoms with Crippen LogP contribution in [0.3, 0.4) is 0 Å². The summed E-state index contributed by atoms with van der Waals surface area (Å²) in [4.78, 5) is 30.2. The van der Waals surface area contributed by atoms with Crippen molar-refractivity contribution in [3.63, 3.8) is 0 Å². The molecule has 0 aliphatic rings. The number of carbonyl (C=O) groups is 2. The summed E-state index contributed by atoms with van der Waals surface area (Å²) in [7, 11) is -1.48. The van der Waals surface area contributed by atoms with Gasteiger partial charge in [0.1, 0.15) is 18.3 Å². The molecule has 266 valence electrons. The second kappa shape index (κ2) is 17.6. The van der Waals surface area contributed by atoms with Gasteiger partial charge in [-0.25, -0.2) is 8.42 Å². The molecule has 50 heavy (non-hydrogen) atoms. The molecule has 1 N–H and O–H groups in total. The van der Waals surface area contributed by atoms with E-state index in [-0.39, 0.29) is 41.2 Å². The molecule has 0 heterocycles. The van der Waals surface area contributed by atoms with E-state index in [1.165, 1.54) is 37.3 Å².